The van der Waals surface area contributed by atoms with E-state index in [1.54, 1.807) is 7.11 Å². The van der Waals surface area contributed by atoms with Gasteiger partial charge in [-0.1, -0.05) is 12.1 Å². The van der Waals surface area contributed by atoms with E-state index in [9.17, 15) is 0 Å². The maximum atomic E-state index is 5.25. The molecular weight excluding hydrogens is 348 g/mol. The fourth-order valence-corrected chi connectivity index (χ4v) is 3.70. The number of rotatable bonds is 7. The molecule has 2 aromatic rings. The zero-order valence-electron chi connectivity index (χ0n) is 12.6. The third kappa shape index (κ3) is 4.54. The van der Waals surface area contributed by atoms with Gasteiger partial charge >= 0.3 is 0 Å². The smallest absolute Gasteiger partial charge is 0.133 e. The van der Waals surface area contributed by atoms with E-state index in [0.29, 0.717) is 6.04 Å². The Bertz CT molecular complexity index is 557. The van der Waals surface area contributed by atoms with Gasteiger partial charge in [-0.15, -0.1) is 11.3 Å². The maximum Gasteiger partial charge on any atom is 0.133 e. The lowest BCUT2D eigenvalue weighted by Gasteiger charge is -2.23. The van der Waals surface area contributed by atoms with Crippen LogP contribution in [0.2, 0.25) is 0 Å². The number of ether oxygens (including phenoxy) is 1. The maximum absolute atomic E-state index is 5.25. The molecule has 0 radical (unpaired) electrons. The summed E-state index contributed by atoms with van der Waals surface area (Å²) in [6.07, 6.45) is 0. The molecule has 0 amide bonds. The molecule has 0 aliphatic heterocycles. The second-order valence-electron chi connectivity index (χ2n) is 5.09. The normalized spacial score (nSPS) is 12.6. The Hall–Kier alpha value is -0.880. The summed E-state index contributed by atoms with van der Waals surface area (Å²) in [5.41, 5.74) is 1.24. The Kier molecular flexibility index (Phi) is 6.23. The molecule has 1 unspecified atom stereocenters. The van der Waals surface area contributed by atoms with Crippen molar-refractivity contribution in [2.75, 3.05) is 27.7 Å². The summed E-state index contributed by atoms with van der Waals surface area (Å²) < 4.78 is 6.24. The second kappa shape index (κ2) is 7.94. The van der Waals surface area contributed by atoms with Crippen LogP contribution < -0.4 is 10.1 Å². The highest BCUT2D eigenvalue weighted by atomic mass is 79.9. The molecule has 2 rings (SSSR count). The van der Waals surface area contributed by atoms with Crippen molar-refractivity contribution in [3.63, 3.8) is 0 Å². The predicted molar refractivity (Wildman–Crippen MR) is 93.1 cm³/mol. The lowest BCUT2D eigenvalue weighted by molar-refractivity contribution is 0.292. The average Bonchev–Trinajstić information content (AvgIpc) is 2.97. The van der Waals surface area contributed by atoms with Crippen molar-refractivity contribution in [3.8, 4) is 5.75 Å². The topological polar surface area (TPSA) is 24.5 Å². The van der Waals surface area contributed by atoms with Gasteiger partial charge in [-0.05, 0) is 59.2 Å². The van der Waals surface area contributed by atoms with Gasteiger partial charge in [-0.2, -0.15) is 0 Å². The Morgan fingerprint density at radius 1 is 1.33 bits per heavy atom. The second-order valence-corrected chi connectivity index (χ2v) is 6.93. The van der Waals surface area contributed by atoms with Crippen LogP contribution in [0, 0.1) is 0 Å². The molecule has 1 atom stereocenters. The Morgan fingerprint density at radius 3 is 2.71 bits per heavy atom. The van der Waals surface area contributed by atoms with Gasteiger partial charge in [0.1, 0.15) is 5.75 Å². The molecule has 1 aromatic carbocycles. The van der Waals surface area contributed by atoms with E-state index < -0.39 is 0 Å². The number of nitrogens with one attached hydrogen (secondary N) is 1. The van der Waals surface area contributed by atoms with Gasteiger partial charge in [-0.3, -0.25) is 0 Å². The number of hydrogen-bond donors (Lipinski definition) is 1. The third-order valence-electron chi connectivity index (χ3n) is 3.38. The molecule has 0 saturated heterocycles. The van der Waals surface area contributed by atoms with Crippen molar-refractivity contribution in [1.82, 2.24) is 10.2 Å². The van der Waals surface area contributed by atoms with Gasteiger partial charge in [0.25, 0.3) is 0 Å². The van der Waals surface area contributed by atoms with E-state index in [2.05, 4.69) is 69.9 Å². The van der Waals surface area contributed by atoms with Crippen LogP contribution in [0.1, 0.15) is 16.5 Å². The first kappa shape index (κ1) is 16.5. The average molecular weight is 369 g/mol. The highest BCUT2D eigenvalue weighted by Gasteiger charge is 2.14. The van der Waals surface area contributed by atoms with Gasteiger partial charge in [0.15, 0.2) is 0 Å². The predicted octanol–water partition coefficient (Wildman–Crippen LogP) is 3.91. The van der Waals surface area contributed by atoms with Crippen LogP contribution in [0.15, 0.2) is 40.2 Å². The third-order valence-corrected chi connectivity index (χ3v) is 4.97. The number of nitrogens with zero attached hydrogens (tertiary/aromatic N) is 1. The van der Waals surface area contributed by atoms with Crippen LogP contribution >= 0.6 is 27.3 Å². The van der Waals surface area contributed by atoms with E-state index in [1.807, 2.05) is 17.4 Å². The van der Waals surface area contributed by atoms with E-state index >= 15 is 0 Å². The number of benzene rings is 1. The number of methoxy groups -OCH3 is 1. The first-order chi connectivity index (χ1) is 10.1. The van der Waals surface area contributed by atoms with Crippen LogP contribution in [-0.2, 0) is 6.54 Å². The van der Waals surface area contributed by atoms with Crippen molar-refractivity contribution in [3.05, 3.63) is 50.6 Å². The summed E-state index contributed by atoms with van der Waals surface area (Å²) in [7, 11) is 5.92. The molecule has 0 saturated carbocycles. The summed E-state index contributed by atoms with van der Waals surface area (Å²) in [6, 6.07) is 10.9. The summed E-state index contributed by atoms with van der Waals surface area (Å²) in [5, 5.41) is 5.67. The molecule has 1 heterocycles. The van der Waals surface area contributed by atoms with Crippen molar-refractivity contribution in [1.29, 1.82) is 0 Å². The lowest BCUT2D eigenvalue weighted by Crippen LogP contribution is -2.30. The lowest BCUT2D eigenvalue weighted by atomic mass is 10.2. The Balaban J connectivity index is 1.92. The summed E-state index contributed by atoms with van der Waals surface area (Å²) in [4.78, 5) is 3.64. The zero-order valence-corrected chi connectivity index (χ0v) is 15.0. The van der Waals surface area contributed by atoms with Crippen LogP contribution in [0.25, 0.3) is 0 Å². The highest BCUT2D eigenvalue weighted by molar-refractivity contribution is 9.10. The van der Waals surface area contributed by atoms with E-state index in [0.717, 1.165) is 23.3 Å². The van der Waals surface area contributed by atoms with Gasteiger partial charge < -0.3 is 15.0 Å². The van der Waals surface area contributed by atoms with Crippen molar-refractivity contribution >= 4 is 27.3 Å². The fourth-order valence-electron chi connectivity index (χ4n) is 2.19. The van der Waals surface area contributed by atoms with Crippen LogP contribution in [0.4, 0.5) is 0 Å². The minimum Gasteiger partial charge on any atom is -0.496 e. The monoisotopic (exact) mass is 368 g/mol. The zero-order chi connectivity index (χ0) is 15.2. The van der Waals surface area contributed by atoms with Gasteiger partial charge in [-0.25, -0.2) is 0 Å². The summed E-state index contributed by atoms with van der Waals surface area (Å²) in [6.45, 7) is 1.77. The highest BCUT2D eigenvalue weighted by Crippen LogP contribution is 2.26. The Morgan fingerprint density at radius 2 is 2.14 bits per heavy atom. The van der Waals surface area contributed by atoms with E-state index in [-0.39, 0.29) is 0 Å². The quantitative estimate of drug-likeness (QED) is 0.801. The Labute approximate surface area is 139 Å². The van der Waals surface area contributed by atoms with Gasteiger partial charge in [0, 0.05) is 18.0 Å². The SMILES string of the molecule is COc1ccc(CNCC(c2cccs2)N(C)C)cc1Br. The standard InChI is InChI=1S/C16H21BrN2OS/c1-19(2)14(16-5-4-8-21-16)11-18-10-12-6-7-15(20-3)13(17)9-12/h4-9,14,18H,10-11H2,1-3H3. The fraction of sp³-hybridized carbons (Fsp3) is 0.375. The van der Waals surface area contributed by atoms with Crippen LogP contribution in [0.3, 0.4) is 0 Å². The van der Waals surface area contributed by atoms with Crippen molar-refractivity contribution in [2.24, 2.45) is 0 Å². The molecule has 0 bridgehead atoms. The number of likely N-dealkylation sites (N-methyl/N-ethyl adjacent to an activating group) is 1. The molecule has 0 aliphatic rings. The molecular formula is C16H21BrN2OS. The van der Waals surface area contributed by atoms with Crippen LogP contribution in [-0.4, -0.2) is 32.6 Å². The van der Waals surface area contributed by atoms with Crippen molar-refractivity contribution in [2.45, 2.75) is 12.6 Å². The molecule has 21 heavy (non-hydrogen) atoms. The molecule has 0 aliphatic carbocycles. The minimum atomic E-state index is 0.409. The van der Waals surface area contributed by atoms with E-state index in [4.69, 9.17) is 4.74 Å². The van der Waals surface area contributed by atoms with Gasteiger partial charge in [0.05, 0.1) is 17.6 Å². The minimum absolute atomic E-state index is 0.409. The molecule has 114 valence electrons. The largest absolute Gasteiger partial charge is 0.496 e. The first-order valence-electron chi connectivity index (χ1n) is 6.84. The van der Waals surface area contributed by atoms with Gasteiger partial charge in [0.2, 0.25) is 0 Å². The molecule has 1 N–H and O–H groups in total. The number of thiophene rings is 1. The number of halogens is 1. The molecule has 5 heteroatoms. The number of hydrogen-bond acceptors (Lipinski definition) is 4. The first-order valence-corrected chi connectivity index (χ1v) is 8.52. The summed E-state index contributed by atoms with van der Waals surface area (Å²) in [5.74, 6) is 0.864. The molecule has 3 nitrogen and oxygen atoms in total. The van der Waals surface area contributed by atoms with Crippen LogP contribution in [0.5, 0.6) is 5.75 Å². The molecule has 1 aromatic heterocycles. The van der Waals surface area contributed by atoms with E-state index in [1.165, 1.54) is 10.4 Å². The summed E-state index contributed by atoms with van der Waals surface area (Å²) >= 11 is 5.33. The van der Waals surface area contributed by atoms with Crippen molar-refractivity contribution < 1.29 is 4.74 Å². The molecule has 0 fully saturated rings. The molecule has 0 spiro atoms.